The summed E-state index contributed by atoms with van der Waals surface area (Å²) in [5.74, 6) is -0.537. The van der Waals surface area contributed by atoms with Gasteiger partial charge in [0.1, 0.15) is 4.90 Å². The van der Waals surface area contributed by atoms with Crippen molar-refractivity contribution in [3.8, 4) is 0 Å². The number of amides is 1. The molecule has 2 N–H and O–H groups in total. The molecular weight excluding hydrogens is 650 g/mol. The minimum Gasteiger partial charge on any atom is -0.378 e. The van der Waals surface area contributed by atoms with Gasteiger partial charge in [-0.2, -0.15) is 4.31 Å². The fourth-order valence-corrected chi connectivity index (χ4v) is 8.70. The average molecular weight is 690 g/mol. The second-order valence-electron chi connectivity index (χ2n) is 11.2. The molecule has 1 amide bonds. The maximum Gasteiger partial charge on any atom is 0.264 e. The zero-order chi connectivity index (χ0) is 32.9. The molecule has 2 aliphatic rings. The Morgan fingerprint density at radius 1 is 0.804 bits per heavy atom. The van der Waals surface area contributed by atoms with Gasteiger partial charge in [0, 0.05) is 61.4 Å². The van der Waals surface area contributed by atoms with Crippen LogP contribution in [0.5, 0.6) is 0 Å². The first-order valence-electron chi connectivity index (χ1n) is 15.5. The first-order chi connectivity index (χ1) is 22.0. The Morgan fingerprint density at radius 2 is 1.41 bits per heavy atom. The zero-order valence-electron chi connectivity index (χ0n) is 26.0. The quantitative estimate of drug-likeness (QED) is 0.280. The first kappa shape index (κ1) is 34.0. The molecule has 3 aromatic carbocycles. The minimum atomic E-state index is -4.12. The summed E-state index contributed by atoms with van der Waals surface area (Å²) in [6.07, 6.45) is 3.01. The van der Waals surface area contributed by atoms with Gasteiger partial charge in [0.05, 0.1) is 29.4 Å². The largest absolute Gasteiger partial charge is 0.378 e. The van der Waals surface area contributed by atoms with Crippen LogP contribution in [0.25, 0.3) is 0 Å². The Labute approximate surface area is 276 Å². The van der Waals surface area contributed by atoms with Gasteiger partial charge in [-0.05, 0) is 79.9 Å². The third kappa shape index (κ3) is 7.60. The maximum atomic E-state index is 14.0. The number of nitrogens with one attached hydrogen (secondary N) is 2. The highest BCUT2D eigenvalue weighted by atomic mass is 35.5. The molecule has 248 valence electrons. The molecule has 46 heavy (non-hydrogen) atoms. The van der Waals surface area contributed by atoms with Gasteiger partial charge in [0.25, 0.3) is 15.9 Å². The summed E-state index contributed by atoms with van der Waals surface area (Å²) in [7, 11) is -7.95. The molecule has 0 radical (unpaired) electrons. The van der Waals surface area contributed by atoms with E-state index in [0.717, 1.165) is 32.4 Å². The van der Waals surface area contributed by atoms with Crippen molar-refractivity contribution in [1.29, 1.82) is 0 Å². The maximum absolute atomic E-state index is 14.0. The molecule has 0 spiro atoms. The number of sulfonamides is 2. The molecule has 0 unspecified atom stereocenters. The molecule has 0 aromatic heterocycles. The van der Waals surface area contributed by atoms with Crippen LogP contribution < -0.4 is 19.8 Å². The molecule has 0 atom stereocenters. The van der Waals surface area contributed by atoms with E-state index in [2.05, 4.69) is 14.9 Å². The molecule has 0 bridgehead atoms. The average Bonchev–Trinajstić information content (AvgIpc) is 3.06. The molecule has 5 rings (SSSR count). The van der Waals surface area contributed by atoms with E-state index in [0.29, 0.717) is 61.5 Å². The Hall–Kier alpha value is -3.36. The number of halogens is 1. The lowest BCUT2D eigenvalue weighted by Crippen LogP contribution is -2.37. The van der Waals surface area contributed by atoms with E-state index in [-0.39, 0.29) is 21.0 Å². The van der Waals surface area contributed by atoms with Gasteiger partial charge in [-0.3, -0.25) is 9.52 Å². The van der Waals surface area contributed by atoms with Gasteiger partial charge in [-0.15, -0.1) is 0 Å². The summed E-state index contributed by atoms with van der Waals surface area (Å²) in [6, 6.07) is 15.8. The van der Waals surface area contributed by atoms with E-state index in [1.54, 1.807) is 62.4 Å². The monoisotopic (exact) mass is 689 g/mol. The smallest absolute Gasteiger partial charge is 0.264 e. The standard InChI is InChI=1S/C32H40ClN5O6S2/c1-3-38(4-2)46(42,43)27-13-15-29(36-16-6-5-7-17-36)28(23-27)32(39)34-26-12-14-30(37-18-20-44-21-19-37)31(22-26)45(40,41)35-25-10-8-24(33)9-11-25/h8-15,22-23,35H,3-7,16-21H2,1-2H3,(H,34,39). The van der Waals surface area contributed by atoms with Crippen molar-refractivity contribution < 1.29 is 26.4 Å². The number of morpholine rings is 1. The number of hydrogen-bond acceptors (Lipinski definition) is 8. The van der Waals surface area contributed by atoms with E-state index < -0.39 is 26.0 Å². The van der Waals surface area contributed by atoms with E-state index >= 15 is 0 Å². The third-order valence-electron chi connectivity index (χ3n) is 8.21. The number of ether oxygens (including phenoxy) is 1. The Morgan fingerprint density at radius 3 is 2.07 bits per heavy atom. The molecule has 11 nitrogen and oxygen atoms in total. The Balaban J connectivity index is 1.53. The molecule has 14 heteroatoms. The molecule has 2 heterocycles. The molecule has 0 aliphatic carbocycles. The van der Waals surface area contributed by atoms with Gasteiger partial charge >= 0.3 is 0 Å². The van der Waals surface area contributed by atoms with E-state index in [9.17, 15) is 21.6 Å². The molecule has 2 aliphatic heterocycles. The number of carbonyl (C=O) groups excluding carboxylic acids is 1. The lowest BCUT2D eigenvalue weighted by Gasteiger charge is -2.31. The van der Waals surface area contributed by atoms with Gasteiger partial charge in [-0.1, -0.05) is 25.4 Å². The zero-order valence-corrected chi connectivity index (χ0v) is 28.4. The van der Waals surface area contributed by atoms with Crippen LogP contribution in [0.1, 0.15) is 43.5 Å². The van der Waals surface area contributed by atoms with Crippen LogP contribution in [-0.2, 0) is 24.8 Å². The third-order valence-corrected chi connectivity index (χ3v) is 11.9. The number of piperidine rings is 1. The SMILES string of the molecule is CCN(CC)S(=O)(=O)c1ccc(N2CCCCC2)c(C(=O)Nc2ccc(N3CCOCC3)c(S(=O)(=O)Nc3ccc(Cl)cc3)c2)c1. The Bertz CT molecular complexity index is 1750. The van der Waals surface area contributed by atoms with E-state index in [1.807, 2.05) is 4.90 Å². The number of anilines is 4. The highest BCUT2D eigenvalue weighted by molar-refractivity contribution is 7.93. The first-order valence-corrected chi connectivity index (χ1v) is 18.8. The van der Waals surface area contributed by atoms with Gasteiger partial charge in [0.15, 0.2) is 0 Å². The number of rotatable bonds is 11. The van der Waals surface area contributed by atoms with Crippen LogP contribution in [-0.4, -0.2) is 79.5 Å². The van der Waals surface area contributed by atoms with Gasteiger partial charge < -0.3 is 19.9 Å². The lowest BCUT2D eigenvalue weighted by molar-refractivity contribution is 0.102. The summed E-state index contributed by atoms with van der Waals surface area (Å²) in [5, 5.41) is 3.33. The lowest BCUT2D eigenvalue weighted by atomic mass is 10.1. The van der Waals surface area contributed by atoms with Gasteiger partial charge in [-0.25, -0.2) is 16.8 Å². The fourth-order valence-electron chi connectivity index (χ4n) is 5.78. The highest BCUT2D eigenvalue weighted by Gasteiger charge is 2.28. The van der Waals surface area contributed by atoms with Crippen LogP contribution in [0.15, 0.2) is 70.5 Å². The van der Waals surface area contributed by atoms with Crippen molar-refractivity contribution >= 4 is 60.3 Å². The van der Waals surface area contributed by atoms with Crippen LogP contribution in [0, 0.1) is 0 Å². The predicted molar refractivity (Wildman–Crippen MR) is 182 cm³/mol. The van der Waals surface area contributed by atoms with Crippen molar-refractivity contribution in [2.24, 2.45) is 0 Å². The van der Waals surface area contributed by atoms with Gasteiger partial charge in [0.2, 0.25) is 10.0 Å². The van der Waals surface area contributed by atoms with Crippen molar-refractivity contribution in [2.45, 2.75) is 42.9 Å². The highest BCUT2D eigenvalue weighted by Crippen LogP contribution is 2.33. The van der Waals surface area contributed by atoms with Crippen LogP contribution in [0.2, 0.25) is 5.02 Å². The topological polar surface area (TPSA) is 128 Å². The van der Waals surface area contributed by atoms with Crippen LogP contribution in [0.4, 0.5) is 22.7 Å². The van der Waals surface area contributed by atoms with Crippen LogP contribution >= 0.6 is 11.6 Å². The summed E-state index contributed by atoms with van der Waals surface area (Å²) in [6.45, 7) is 7.53. The number of nitrogens with zero attached hydrogens (tertiary/aromatic N) is 3. The summed E-state index contributed by atoms with van der Waals surface area (Å²) < 4.78 is 63.9. The van der Waals surface area contributed by atoms with Crippen molar-refractivity contribution in [2.75, 3.05) is 72.3 Å². The minimum absolute atomic E-state index is 0.0173. The number of benzene rings is 3. The molecule has 3 aromatic rings. The molecule has 2 fully saturated rings. The van der Waals surface area contributed by atoms with E-state index in [4.69, 9.17) is 16.3 Å². The predicted octanol–water partition coefficient (Wildman–Crippen LogP) is 5.25. The molecule has 2 saturated heterocycles. The normalized spacial score (nSPS) is 16.0. The fraction of sp³-hybridized carbons (Fsp3) is 0.406. The van der Waals surface area contributed by atoms with Crippen LogP contribution in [0.3, 0.4) is 0 Å². The number of carbonyl (C=O) groups is 1. The van der Waals surface area contributed by atoms with E-state index in [1.165, 1.54) is 16.4 Å². The molecular formula is C32H40ClN5O6S2. The van der Waals surface area contributed by atoms with Crippen molar-refractivity contribution in [1.82, 2.24) is 4.31 Å². The molecule has 0 saturated carbocycles. The number of hydrogen-bond donors (Lipinski definition) is 2. The second-order valence-corrected chi connectivity index (χ2v) is 15.2. The Kier molecular flexibility index (Phi) is 10.8. The summed E-state index contributed by atoms with van der Waals surface area (Å²) >= 11 is 6.00. The summed E-state index contributed by atoms with van der Waals surface area (Å²) in [4.78, 5) is 18.0. The second kappa shape index (κ2) is 14.6. The van der Waals surface area contributed by atoms with Crippen molar-refractivity contribution in [3.63, 3.8) is 0 Å². The summed E-state index contributed by atoms with van der Waals surface area (Å²) in [5.41, 5.74) is 1.90. The van der Waals surface area contributed by atoms with Crippen molar-refractivity contribution in [3.05, 3.63) is 71.2 Å².